The molecule has 0 radical (unpaired) electrons. The van der Waals surface area contributed by atoms with Gasteiger partial charge in [0.2, 0.25) is 0 Å². The maximum atomic E-state index is 5.41. The molecule has 0 spiro atoms. The maximum absolute atomic E-state index is 5.41. The predicted molar refractivity (Wildman–Crippen MR) is 234 cm³/mol. The zero-order valence-electron chi connectivity index (χ0n) is 30.5. The Morgan fingerprint density at radius 3 is 1.27 bits per heavy atom. The number of benzene rings is 8. The van der Waals surface area contributed by atoms with E-state index in [0.717, 1.165) is 34.0 Å². The van der Waals surface area contributed by atoms with Gasteiger partial charge in [-0.05, 0) is 65.2 Å². The van der Waals surface area contributed by atoms with E-state index in [1.54, 1.807) is 0 Å². The number of amidine groups is 1. The van der Waals surface area contributed by atoms with Gasteiger partial charge in [0.15, 0.2) is 0 Å². The number of nitrogens with one attached hydrogen (secondary N) is 1. The highest BCUT2D eigenvalue weighted by Crippen LogP contribution is 2.38. The monoisotopic (exact) mass is 716 g/mol. The molecule has 0 fully saturated rings. The van der Waals surface area contributed by atoms with Crippen molar-refractivity contribution in [3.05, 3.63) is 223 Å². The average Bonchev–Trinajstić information content (AvgIpc) is 3.80. The van der Waals surface area contributed by atoms with E-state index < -0.39 is 0 Å². The lowest BCUT2D eigenvalue weighted by Crippen LogP contribution is -2.31. The number of rotatable bonds is 6. The van der Waals surface area contributed by atoms with Gasteiger partial charge in [0.1, 0.15) is 5.84 Å². The van der Waals surface area contributed by atoms with E-state index in [9.17, 15) is 0 Å². The molecule has 264 valence electrons. The minimum Gasteiger partial charge on any atom is -0.359 e. The fourth-order valence-corrected chi connectivity index (χ4v) is 8.54. The summed E-state index contributed by atoms with van der Waals surface area (Å²) < 4.78 is 4.82. The van der Waals surface area contributed by atoms with Gasteiger partial charge < -0.3 is 14.5 Å². The second-order valence-electron chi connectivity index (χ2n) is 14.5. The molecule has 0 saturated heterocycles. The van der Waals surface area contributed by atoms with Crippen LogP contribution in [-0.4, -0.2) is 15.0 Å². The summed E-state index contributed by atoms with van der Waals surface area (Å²) in [5.74, 6) is 0.848. The highest BCUT2D eigenvalue weighted by Gasteiger charge is 2.23. The van der Waals surface area contributed by atoms with E-state index in [1.807, 2.05) is 0 Å². The van der Waals surface area contributed by atoms with E-state index in [0.29, 0.717) is 0 Å². The number of hydrogen-bond donors (Lipinski definition) is 1. The molecule has 0 saturated carbocycles. The van der Waals surface area contributed by atoms with Gasteiger partial charge >= 0.3 is 0 Å². The van der Waals surface area contributed by atoms with Gasteiger partial charge in [0, 0.05) is 44.0 Å². The van der Waals surface area contributed by atoms with Crippen molar-refractivity contribution >= 4 is 55.1 Å². The van der Waals surface area contributed by atoms with Crippen LogP contribution in [0.25, 0.3) is 71.8 Å². The Balaban J connectivity index is 1.16. The van der Waals surface area contributed by atoms with Crippen LogP contribution >= 0.6 is 0 Å². The molecule has 1 aliphatic rings. The Morgan fingerprint density at radius 1 is 0.375 bits per heavy atom. The molecule has 10 aromatic rings. The smallest absolute Gasteiger partial charge is 0.134 e. The lowest BCUT2D eigenvalue weighted by atomic mass is 9.97. The van der Waals surface area contributed by atoms with E-state index in [-0.39, 0.29) is 6.04 Å². The summed E-state index contributed by atoms with van der Waals surface area (Å²) in [6.45, 7) is 0. The molecule has 56 heavy (non-hydrogen) atoms. The third-order valence-electron chi connectivity index (χ3n) is 11.1. The normalized spacial score (nSPS) is 14.2. The lowest BCUT2D eigenvalue weighted by molar-refractivity contribution is 0.781. The van der Waals surface area contributed by atoms with Gasteiger partial charge in [-0.2, -0.15) is 0 Å². The summed E-state index contributed by atoms with van der Waals surface area (Å²) in [4.78, 5) is 5.41. The lowest BCUT2D eigenvalue weighted by Gasteiger charge is -2.25. The van der Waals surface area contributed by atoms with Crippen molar-refractivity contribution in [1.82, 2.24) is 14.5 Å². The largest absolute Gasteiger partial charge is 0.359 e. The van der Waals surface area contributed by atoms with Crippen LogP contribution in [0.3, 0.4) is 0 Å². The van der Waals surface area contributed by atoms with Crippen LogP contribution in [0.4, 0.5) is 0 Å². The van der Waals surface area contributed by atoms with Crippen LogP contribution in [0.5, 0.6) is 0 Å². The Hall–Kier alpha value is -7.43. The number of hydrogen-bond acceptors (Lipinski definition) is 2. The summed E-state index contributed by atoms with van der Waals surface area (Å²) in [6.07, 6.45) is 2.28. The van der Waals surface area contributed by atoms with Crippen LogP contribution in [0.2, 0.25) is 0 Å². The number of fused-ring (bicyclic) bond motifs is 6. The quantitative estimate of drug-likeness (QED) is 0.183. The molecule has 0 amide bonds. The van der Waals surface area contributed by atoms with Gasteiger partial charge in [-0.15, -0.1) is 0 Å². The summed E-state index contributed by atoms with van der Waals surface area (Å²) in [7, 11) is 0. The standard InChI is InChI=1S/C52H36N4/c1-3-15-35(16-4-1)36-27-29-37(30-28-36)46-34-47(54-52(53-46)38-17-5-2-6-18-38)39-31-40(55-48-23-11-7-19-42(48)43-20-8-12-24-49(43)55)33-41(32-39)56-50-25-13-9-21-44(50)45-22-10-14-26-51(45)56/h1-34,46H,(H,53,54). The number of para-hydroxylation sites is 4. The first kappa shape index (κ1) is 32.0. The van der Waals surface area contributed by atoms with Gasteiger partial charge in [-0.1, -0.05) is 158 Å². The second kappa shape index (κ2) is 13.2. The first-order valence-electron chi connectivity index (χ1n) is 19.2. The molecule has 0 bridgehead atoms. The predicted octanol–water partition coefficient (Wildman–Crippen LogP) is 12.7. The zero-order chi connectivity index (χ0) is 37.0. The van der Waals surface area contributed by atoms with Crippen molar-refractivity contribution in [2.24, 2.45) is 4.99 Å². The molecule has 11 rings (SSSR count). The van der Waals surface area contributed by atoms with Gasteiger partial charge in [-0.25, -0.2) is 4.99 Å². The van der Waals surface area contributed by atoms with Crippen molar-refractivity contribution < 1.29 is 0 Å². The maximum Gasteiger partial charge on any atom is 0.134 e. The Labute approximate surface area is 324 Å². The Kier molecular flexibility index (Phi) is 7.52. The second-order valence-corrected chi connectivity index (χ2v) is 14.5. The minimum atomic E-state index is -0.101. The van der Waals surface area contributed by atoms with Crippen molar-refractivity contribution in [1.29, 1.82) is 0 Å². The van der Waals surface area contributed by atoms with Gasteiger partial charge in [0.25, 0.3) is 0 Å². The van der Waals surface area contributed by atoms with Crippen LogP contribution in [-0.2, 0) is 0 Å². The van der Waals surface area contributed by atoms with Crippen molar-refractivity contribution in [3.63, 3.8) is 0 Å². The molecule has 1 atom stereocenters. The zero-order valence-corrected chi connectivity index (χ0v) is 30.5. The summed E-state index contributed by atoms with van der Waals surface area (Å²) in [5.41, 5.74) is 13.4. The average molecular weight is 717 g/mol. The first-order valence-corrected chi connectivity index (χ1v) is 19.2. The van der Waals surface area contributed by atoms with E-state index in [2.05, 4.69) is 221 Å². The SMILES string of the molecule is C1=C(c2cc(-n3c4ccccc4c4ccccc43)cc(-n3c4ccccc4c4ccccc43)c2)N=C(c2ccccc2)NC1c1ccc(-c2ccccc2)cc1. The van der Waals surface area contributed by atoms with E-state index in [1.165, 1.54) is 60.3 Å². The molecular weight excluding hydrogens is 681 g/mol. The fourth-order valence-electron chi connectivity index (χ4n) is 8.54. The molecule has 3 heterocycles. The first-order chi connectivity index (χ1) is 27.8. The van der Waals surface area contributed by atoms with Crippen LogP contribution in [0.1, 0.15) is 22.7 Å². The van der Waals surface area contributed by atoms with Crippen molar-refractivity contribution in [2.45, 2.75) is 6.04 Å². The molecule has 8 aromatic carbocycles. The third kappa shape index (κ3) is 5.34. The molecule has 0 aliphatic carbocycles. The molecular formula is C52H36N4. The van der Waals surface area contributed by atoms with Crippen LogP contribution in [0.15, 0.2) is 211 Å². The molecule has 1 N–H and O–H groups in total. The number of aromatic nitrogens is 2. The number of aliphatic imine (C=N–C) groups is 1. The van der Waals surface area contributed by atoms with Gasteiger partial charge in [-0.3, -0.25) is 0 Å². The minimum absolute atomic E-state index is 0.101. The number of nitrogens with zero attached hydrogens (tertiary/aromatic N) is 3. The molecule has 4 nitrogen and oxygen atoms in total. The summed E-state index contributed by atoms with van der Waals surface area (Å²) >= 11 is 0. The molecule has 2 aromatic heterocycles. The molecule has 4 heteroatoms. The topological polar surface area (TPSA) is 34.2 Å². The molecule has 1 aliphatic heterocycles. The summed E-state index contributed by atoms with van der Waals surface area (Å²) in [5, 5.41) is 8.72. The fraction of sp³-hybridized carbons (Fsp3) is 0.0192. The van der Waals surface area contributed by atoms with E-state index >= 15 is 0 Å². The third-order valence-corrected chi connectivity index (χ3v) is 11.1. The van der Waals surface area contributed by atoms with Crippen molar-refractivity contribution in [3.8, 4) is 22.5 Å². The van der Waals surface area contributed by atoms with Crippen LogP contribution < -0.4 is 5.32 Å². The van der Waals surface area contributed by atoms with Crippen LogP contribution in [0, 0.1) is 0 Å². The molecule has 1 unspecified atom stereocenters. The highest BCUT2D eigenvalue weighted by molar-refractivity contribution is 6.11. The Bertz CT molecular complexity index is 2910. The van der Waals surface area contributed by atoms with Crippen molar-refractivity contribution in [2.75, 3.05) is 0 Å². The van der Waals surface area contributed by atoms with Gasteiger partial charge in [0.05, 0.1) is 33.8 Å². The van der Waals surface area contributed by atoms with E-state index in [4.69, 9.17) is 4.99 Å². The highest BCUT2D eigenvalue weighted by atomic mass is 15.1. The Morgan fingerprint density at radius 2 is 0.786 bits per heavy atom. The summed E-state index contributed by atoms with van der Waals surface area (Å²) in [6, 6.07) is 71.7.